The molecule has 0 spiro atoms. The Bertz CT molecular complexity index is 800. The van der Waals surface area contributed by atoms with Crippen molar-refractivity contribution in [3.63, 3.8) is 0 Å². The van der Waals surface area contributed by atoms with Crippen LogP contribution in [0.4, 0.5) is 5.69 Å². The van der Waals surface area contributed by atoms with Crippen molar-refractivity contribution in [1.29, 1.82) is 0 Å². The number of carbonyl (C=O) groups is 2. The molecule has 106 valence electrons. The number of H-pyrrole nitrogens is 1. The van der Waals surface area contributed by atoms with Gasteiger partial charge in [-0.05, 0) is 43.7 Å². The molecule has 0 bridgehead atoms. The minimum absolute atomic E-state index is 0.123. The van der Waals surface area contributed by atoms with Crippen LogP contribution in [0.25, 0.3) is 11.6 Å². The normalized spacial score (nSPS) is 15.1. The third-order valence-electron chi connectivity index (χ3n) is 3.54. The van der Waals surface area contributed by atoms with Crippen molar-refractivity contribution in [2.45, 2.75) is 13.8 Å². The van der Waals surface area contributed by atoms with E-state index in [1.54, 1.807) is 18.2 Å². The zero-order valence-corrected chi connectivity index (χ0v) is 11.7. The van der Waals surface area contributed by atoms with Gasteiger partial charge >= 0.3 is 5.97 Å². The van der Waals surface area contributed by atoms with Crippen molar-refractivity contribution >= 4 is 29.2 Å². The van der Waals surface area contributed by atoms with Crippen molar-refractivity contribution < 1.29 is 14.7 Å². The molecular weight excluding hydrogens is 268 g/mol. The number of carboxylic acids is 1. The fraction of sp³-hybridized carbons (Fsp3) is 0.125. The second kappa shape index (κ2) is 4.63. The molecule has 3 rings (SSSR count). The van der Waals surface area contributed by atoms with Crippen LogP contribution in [0.5, 0.6) is 0 Å². The lowest BCUT2D eigenvalue weighted by Crippen LogP contribution is -2.04. The van der Waals surface area contributed by atoms with E-state index >= 15 is 0 Å². The molecule has 1 aromatic carbocycles. The van der Waals surface area contributed by atoms with Gasteiger partial charge in [-0.25, -0.2) is 4.79 Å². The van der Waals surface area contributed by atoms with Gasteiger partial charge in [-0.3, -0.25) is 4.79 Å². The van der Waals surface area contributed by atoms with Crippen molar-refractivity contribution in [3.05, 3.63) is 52.3 Å². The Morgan fingerprint density at radius 2 is 2.05 bits per heavy atom. The molecule has 2 heterocycles. The van der Waals surface area contributed by atoms with Gasteiger partial charge in [0.25, 0.3) is 5.91 Å². The van der Waals surface area contributed by atoms with E-state index in [0.29, 0.717) is 16.8 Å². The summed E-state index contributed by atoms with van der Waals surface area (Å²) in [6, 6.07) is 6.80. The first-order valence-corrected chi connectivity index (χ1v) is 6.53. The van der Waals surface area contributed by atoms with Gasteiger partial charge in [0.05, 0.1) is 11.1 Å². The number of benzene rings is 1. The predicted octanol–water partition coefficient (Wildman–Crippen LogP) is 2.82. The lowest BCUT2D eigenvalue weighted by Gasteiger charge is -2.03. The third kappa shape index (κ3) is 2.12. The quantitative estimate of drug-likeness (QED) is 0.741. The highest BCUT2D eigenvalue weighted by Crippen LogP contribution is 2.36. The van der Waals surface area contributed by atoms with E-state index in [0.717, 1.165) is 17.0 Å². The minimum Gasteiger partial charge on any atom is -0.478 e. The number of aryl methyl sites for hydroxylation is 2. The third-order valence-corrected chi connectivity index (χ3v) is 3.54. The molecule has 1 aromatic heterocycles. The number of anilines is 1. The van der Waals surface area contributed by atoms with Gasteiger partial charge in [0.15, 0.2) is 0 Å². The summed E-state index contributed by atoms with van der Waals surface area (Å²) < 4.78 is 0. The number of carboxylic acid groups (broad SMARTS) is 1. The first-order chi connectivity index (χ1) is 9.97. The molecule has 0 saturated heterocycles. The number of carbonyl (C=O) groups excluding carboxylic acids is 1. The lowest BCUT2D eigenvalue weighted by atomic mass is 9.99. The summed E-state index contributed by atoms with van der Waals surface area (Å²) in [7, 11) is 0. The van der Waals surface area contributed by atoms with E-state index in [2.05, 4.69) is 10.3 Å². The monoisotopic (exact) mass is 282 g/mol. The fourth-order valence-electron chi connectivity index (χ4n) is 2.61. The van der Waals surface area contributed by atoms with Crippen LogP contribution in [-0.4, -0.2) is 22.0 Å². The van der Waals surface area contributed by atoms with Crippen molar-refractivity contribution in [2.24, 2.45) is 0 Å². The summed E-state index contributed by atoms with van der Waals surface area (Å²) >= 11 is 0. The van der Waals surface area contributed by atoms with E-state index in [1.807, 2.05) is 19.9 Å². The van der Waals surface area contributed by atoms with Gasteiger partial charge in [0.2, 0.25) is 0 Å². The summed E-state index contributed by atoms with van der Waals surface area (Å²) in [5.41, 5.74) is 4.28. The summed E-state index contributed by atoms with van der Waals surface area (Å²) in [5, 5.41) is 12.0. The highest BCUT2D eigenvalue weighted by Gasteiger charge is 2.29. The van der Waals surface area contributed by atoms with Crippen molar-refractivity contribution in [3.8, 4) is 0 Å². The van der Waals surface area contributed by atoms with Crippen LogP contribution in [0.1, 0.15) is 32.9 Å². The van der Waals surface area contributed by atoms with Crippen LogP contribution in [0.15, 0.2) is 24.3 Å². The van der Waals surface area contributed by atoms with Gasteiger partial charge in [0, 0.05) is 22.6 Å². The molecule has 0 unspecified atom stereocenters. The molecule has 0 aliphatic carbocycles. The molecule has 0 atom stereocenters. The van der Waals surface area contributed by atoms with Crippen LogP contribution in [0, 0.1) is 13.8 Å². The summed E-state index contributed by atoms with van der Waals surface area (Å²) in [4.78, 5) is 26.7. The predicted molar refractivity (Wildman–Crippen MR) is 80.2 cm³/mol. The number of aromatic nitrogens is 1. The molecule has 5 nitrogen and oxygen atoms in total. The summed E-state index contributed by atoms with van der Waals surface area (Å²) in [6.45, 7) is 3.87. The maximum Gasteiger partial charge on any atom is 0.336 e. The highest BCUT2D eigenvalue weighted by molar-refractivity contribution is 6.36. The molecule has 2 aromatic rings. The standard InChI is InChI=1S/C16H14N2O3/c1-8-6-9(2)17-13(8)7-11-14-10(16(20)21)4-3-5-12(14)18-15(11)19/h3-7,17H,1-2H3,(H,18,19)(H,20,21). The molecule has 1 amide bonds. The van der Waals surface area contributed by atoms with E-state index in [9.17, 15) is 14.7 Å². The number of amides is 1. The van der Waals surface area contributed by atoms with E-state index in [4.69, 9.17) is 0 Å². The van der Waals surface area contributed by atoms with Crippen LogP contribution in [-0.2, 0) is 4.79 Å². The number of hydrogen-bond acceptors (Lipinski definition) is 2. The molecule has 0 radical (unpaired) electrons. The number of rotatable bonds is 2. The molecule has 5 heteroatoms. The Balaban J connectivity index is 2.21. The van der Waals surface area contributed by atoms with Gasteiger partial charge in [-0.1, -0.05) is 6.07 Å². The van der Waals surface area contributed by atoms with Crippen LogP contribution in [0.2, 0.25) is 0 Å². The molecule has 0 saturated carbocycles. The van der Waals surface area contributed by atoms with Gasteiger partial charge in [0.1, 0.15) is 0 Å². The van der Waals surface area contributed by atoms with Gasteiger partial charge < -0.3 is 15.4 Å². The first-order valence-electron chi connectivity index (χ1n) is 6.53. The fourth-order valence-corrected chi connectivity index (χ4v) is 2.61. The Morgan fingerprint density at radius 1 is 1.29 bits per heavy atom. The lowest BCUT2D eigenvalue weighted by molar-refractivity contribution is -0.110. The summed E-state index contributed by atoms with van der Waals surface area (Å²) in [6.07, 6.45) is 1.70. The van der Waals surface area contributed by atoms with E-state index in [-0.39, 0.29) is 11.5 Å². The maximum absolute atomic E-state index is 12.1. The molecular formula is C16H14N2O3. The SMILES string of the molecule is Cc1cc(C)c(C=C2C(=O)Nc3cccc(C(=O)O)c32)[nH]1. The van der Waals surface area contributed by atoms with Crippen LogP contribution in [0.3, 0.4) is 0 Å². The number of hydrogen-bond donors (Lipinski definition) is 3. The minimum atomic E-state index is -1.05. The Morgan fingerprint density at radius 3 is 2.67 bits per heavy atom. The smallest absolute Gasteiger partial charge is 0.336 e. The molecule has 21 heavy (non-hydrogen) atoms. The Hall–Kier alpha value is -2.82. The first kappa shape index (κ1) is 13.2. The average molecular weight is 282 g/mol. The number of fused-ring (bicyclic) bond motifs is 1. The second-order valence-electron chi connectivity index (χ2n) is 5.09. The number of aromatic amines is 1. The van der Waals surface area contributed by atoms with Gasteiger partial charge in [-0.15, -0.1) is 0 Å². The van der Waals surface area contributed by atoms with E-state index < -0.39 is 5.97 Å². The Kier molecular flexibility index (Phi) is 2.90. The molecule has 1 aliphatic rings. The Labute approximate surface area is 121 Å². The largest absolute Gasteiger partial charge is 0.478 e. The van der Waals surface area contributed by atoms with Crippen LogP contribution < -0.4 is 5.32 Å². The molecule has 3 N–H and O–H groups in total. The van der Waals surface area contributed by atoms with Gasteiger partial charge in [-0.2, -0.15) is 0 Å². The second-order valence-corrected chi connectivity index (χ2v) is 5.09. The zero-order chi connectivity index (χ0) is 15.1. The average Bonchev–Trinajstić information content (AvgIpc) is 2.90. The highest BCUT2D eigenvalue weighted by atomic mass is 16.4. The summed E-state index contributed by atoms with van der Waals surface area (Å²) in [5.74, 6) is -1.33. The van der Waals surface area contributed by atoms with Crippen molar-refractivity contribution in [1.82, 2.24) is 4.98 Å². The van der Waals surface area contributed by atoms with Crippen molar-refractivity contribution in [2.75, 3.05) is 5.32 Å². The number of aromatic carboxylic acids is 1. The topological polar surface area (TPSA) is 82.2 Å². The molecule has 0 fully saturated rings. The molecule has 1 aliphatic heterocycles. The van der Waals surface area contributed by atoms with E-state index in [1.165, 1.54) is 6.07 Å². The zero-order valence-electron chi connectivity index (χ0n) is 11.7. The van der Waals surface area contributed by atoms with Crippen LogP contribution >= 0.6 is 0 Å². The number of nitrogens with one attached hydrogen (secondary N) is 2. The maximum atomic E-state index is 12.1.